The Morgan fingerprint density at radius 1 is 0.315 bits per heavy atom. The fourth-order valence-corrected chi connectivity index (χ4v) is 6.42. The molecule has 0 aliphatic carbocycles. The van der Waals surface area contributed by atoms with Crippen molar-refractivity contribution in [3.05, 3.63) is 164 Å². The molecule has 0 atom stereocenters. The zero-order chi connectivity index (χ0) is 35.8. The van der Waals surface area contributed by atoms with Crippen LogP contribution >= 0.6 is 0 Å². The second kappa shape index (κ2) is 13.2. The lowest BCUT2D eigenvalue weighted by Crippen LogP contribution is -2.01. The summed E-state index contributed by atoms with van der Waals surface area (Å²) in [6.45, 7) is 0. The van der Waals surface area contributed by atoms with Crippen LogP contribution in [0.5, 0.6) is 0 Å². The van der Waals surface area contributed by atoms with Crippen LogP contribution in [-0.4, -0.2) is 34.9 Å². The first-order valence-corrected chi connectivity index (χ1v) is 17.4. The van der Waals surface area contributed by atoms with Gasteiger partial charge in [0.2, 0.25) is 11.8 Å². The molecule has 0 N–H and O–H groups in total. The Hall–Kier alpha value is -7.65. The van der Waals surface area contributed by atoms with E-state index in [1.165, 1.54) is 0 Å². The average Bonchev–Trinajstić information content (AvgIpc) is 3.89. The molecule has 0 radical (unpaired) electrons. The van der Waals surface area contributed by atoms with E-state index >= 15 is 0 Å². The van der Waals surface area contributed by atoms with Crippen LogP contribution in [0.3, 0.4) is 0 Å². The zero-order valence-corrected chi connectivity index (χ0v) is 28.5. The lowest BCUT2D eigenvalue weighted by Gasteiger charge is -2.12. The molecule has 254 valence electrons. The molecule has 0 amide bonds. The summed E-state index contributed by atoms with van der Waals surface area (Å²) >= 11 is 0. The lowest BCUT2D eigenvalue weighted by molar-refractivity contribution is 0.619. The third kappa shape index (κ3) is 5.95. The summed E-state index contributed by atoms with van der Waals surface area (Å²) in [7, 11) is 0. The van der Waals surface area contributed by atoms with Crippen molar-refractivity contribution >= 4 is 22.2 Å². The van der Waals surface area contributed by atoms with E-state index in [1.54, 1.807) is 12.4 Å². The molecule has 0 spiro atoms. The van der Waals surface area contributed by atoms with Gasteiger partial charge in [-0.1, -0.05) is 48.5 Å². The number of oxazole rings is 2. The van der Waals surface area contributed by atoms with Gasteiger partial charge in [0, 0.05) is 51.3 Å². The number of rotatable bonds is 7. The van der Waals surface area contributed by atoms with Crippen molar-refractivity contribution in [2.75, 3.05) is 0 Å². The maximum Gasteiger partial charge on any atom is 0.227 e. The van der Waals surface area contributed by atoms with Crippen LogP contribution in [0, 0.1) is 0 Å². The zero-order valence-electron chi connectivity index (χ0n) is 28.5. The van der Waals surface area contributed by atoms with Gasteiger partial charge in [0.1, 0.15) is 11.0 Å². The van der Waals surface area contributed by atoms with Gasteiger partial charge in [0.05, 0.1) is 11.4 Å². The molecule has 54 heavy (non-hydrogen) atoms. The number of nitrogens with zero attached hydrogens (tertiary/aromatic N) is 7. The van der Waals surface area contributed by atoms with Crippen molar-refractivity contribution in [3.8, 4) is 79.6 Å². The Balaban J connectivity index is 1.15. The van der Waals surface area contributed by atoms with Crippen molar-refractivity contribution in [3.63, 3.8) is 0 Å². The highest BCUT2D eigenvalue weighted by Crippen LogP contribution is 2.34. The second-order valence-corrected chi connectivity index (χ2v) is 12.7. The summed E-state index contributed by atoms with van der Waals surface area (Å²) in [5.74, 6) is 2.52. The van der Waals surface area contributed by atoms with Crippen molar-refractivity contribution in [1.29, 1.82) is 0 Å². The van der Waals surface area contributed by atoms with E-state index in [2.05, 4.69) is 28.2 Å². The summed E-state index contributed by atoms with van der Waals surface area (Å²) in [5, 5.41) is 0. The van der Waals surface area contributed by atoms with Gasteiger partial charge in [-0.2, -0.15) is 0 Å². The van der Waals surface area contributed by atoms with Gasteiger partial charge in [0.15, 0.2) is 28.6 Å². The van der Waals surface area contributed by atoms with Gasteiger partial charge in [-0.15, -0.1) is 0 Å². The van der Waals surface area contributed by atoms with Gasteiger partial charge in [-0.25, -0.2) is 24.9 Å². The highest BCUT2D eigenvalue weighted by molar-refractivity contribution is 5.84. The number of hydrogen-bond acceptors (Lipinski definition) is 9. The standard InChI is InChI=1S/C45H27N7O2/c1-3-11-28(12-4-1)44-48-37-19-17-30(26-39(37)53-44)41-50-42(31-18-20-38-40(27-31)54-45(49-38)29-13-5-2-6-14-29)52-43(51-41)34-24-32(35-15-7-9-21-46-35)23-33(25-34)36-16-8-10-22-47-36/h1-27H. The summed E-state index contributed by atoms with van der Waals surface area (Å²) < 4.78 is 12.5. The van der Waals surface area contributed by atoms with Gasteiger partial charge in [-0.3, -0.25) is 9.97 Å². The average molecular weight is 698 g/mol. The number of hydrogen-bond donors (Lipinski definition) is 0. The molecule has 5 aromatic heterocycles. The molecule has 5 heterocycles. The topological polar surface area (TPSA) is 117 Å². The van der Waals surface area contributed by atoms with E-state index in [0.29, 0.717) is 40.4 Å². The SMILES string of the molecule is c1ccc(-c2nc3ccc(-c4nc(-c5cc(-c6ccccn6)cc(-c6ccccn6)c5)nc(-c5ccc6nc(-c7ccccc7)oc6c5)n4)cc3o2)cc1. The molecule has 0 saturated carbocycles. The monoisotopic (exact) mass is 697 g/mol. The van der Waals surface area contributed by atoms with Crippen molar-refractivity contribution < 1.29 is 8.83 Å². The van der Waals surface area contributed by atoms with Crippen LogP contribution in [0.4, 0.5) is 0 Å². The molecule has 0 saturated heterocycles. The molecular weight excluding hydrogens is 671 g/mol. The number of benzene rings is 5. The van der Waals surface area contributed by atoms with E-state index in [4.69, 9.17) is 33.8 Å². The Bertz CT molecular complexity index is 2740. The highest BCUT2D eigenvalue weighted by atomic mass is 16.4. The van der Waals surface area contributed by atoms with Crippen molar-refractivity contribution in [1.82, 2.24) is 34.9 Å². The molecule has 10 aromatic rings. The van der Waals surface area contributed by atoms with Gasteiger partial charge in [0.25, 0.3) is 0 Å². The maximum absolute atomic E-state index is 6.25. The van der Waals surface area contributed by atoms with Crippen LogP contribution in [0.1, 0.15) is 0 Å². The first-order valence-electron chi connectivity index (χ1n) is 17.4. The predicted molar refractivity (Wildman–Crippen MR) is 209 cm³/mol. The first kappa shape index (κ1) is 31.1. The first-order chi connectivity index (χ1) is 26.7. The molecule has 9 heteroatoms. The van der Waals surface area contributed by atoms with E-state index in [-0.39, 0.29) is 0 Å². The number of fused-ring (bicyclic) bond motifs is 2. The van der Waals surface area contributed by atoms with Crippen LogP contribution in [0.2, 0.25) is 0 Å². The Morgan fingerprint density at radius 2 is 0.741 bits per heavy atom. The summed E-state index contributed by atoms with van der Waals surface area (Å²) in [5.41, 5.74) is 10.3. The minimum atomic E-state index is 0.472. The lowest BCUT2D eigenvalue weighted by atomic mass is 10.00. The molecule has 0 fully saturated rings. The molecule has 0 bridgehead atoms. The molecule has 0 aliphatic heterocycles. The van der Waals surface area contributed by atoms with Gasteiger partial charge >= 0.3 is 0 Å². The van der Waals surface area contributed by atoms with E-state index < -0.39 is 0 Å². The molecule has 0 aliphatic rings. The van der Waals surface area contributed by atoms with Gasteiger partial charge in [-0.05, 0) is 103 Å². The smallest absolute Gasteiger partial charge is 0.227 e. The Labute approximate surface area is 308 Å². The largest absolute Gasteiger partial charge is 0.436 e. The quantitative estimate of drug-likeness (QED) is 0.160. The van der Waals surface area contributed by atoms with Crippen LogP contribution in [-0.2, 0) is 0 Å². The maximum atomic E-state index is 6.25. The van der Waals surface area contributed by atoms with Crippen LogP contribution in [0.25, 0.3) is 102 Å². The Morgan fingerprint density at radius 3 is 1.19 bits per heavy atom. The van der Waals surface area contributed by atoms with E-state index in [9.17, 15) is 0 Å². The van der Waals surface area contributed by atoms with Crippen molar-refractivity contribution in [2.24, 2.45) is 0 Å². The molecule has 10 rings (SSSR count). The molecule has 0 unspecified atom stereocenters. The molecule has 5 aromatic carbocycles. The number of aromatic nitrogens is 7. The fraction of sp³-hybridized carbons (Fsp3) is 0. The van der Waals surface area contributed by atoms with Crippen LogP contribution in [0.15, 0.2) is 173 Å². The van der Waals surface area contributed by atoms with Crippen LogP contribution < -0.4 is 0 Å². The summed E-state index contributed by atoms with van der Waals surface area (Å²) in [4.78, 5) is 34.0. The minimum absolute atomic E-state index is 0.472. The fourth-order valence-electron chi connectivity index (χ4n) is 6.42. The summed E-state index contributed by atoms with van der Waals surface area (Å²) in [6, 6.07) is 49.2. The number of pyridine rings is 2. The third-order valence-electron chi connectivity index (χ3n) is 9.08. The molecular formula is C45H27N7O2. The minimum Gasteiger partial charge on any atom is -0.436 e. The highest BCUT2D eigenvalue weighted by Gasteiger charge is 2.18. The third-order valence-corrected chi connectivity index (χ3v) is 9.08. The van der Waals surface area contributed by atoms with E-state index in [1.807, 2.05) is 133 Å². The Kier molecular flexibility index (Phi) is 7.58. The second-order valence-electron chi connectivity index (χ2n) is 12.7. The molecule has 9 nitrogen and oxygen atoms in total. The van der Waals surface area contributed by atoms with Gasteiger partial charge < -0.3 is 8.83 Å². The normalized spacial score (nSPS) is 11.3. The van der Waals surface area contributed by atoms with E-state index in [0.717, 1.165) is 61.4 Å². The summed E-state index contributed by atoms with van der Waals surface area (Å²) in [6.07, 6.45) is 3.57. The predicted octanol–water partition coefficient (Wildman–Crippen LogP) is 10.6. The van der Waals surface area contributed by atoms with Crippen molar-refractivity contribution in [2.45, 2.75) is 0 Å².